The molecule has 0 aliphatic heterocycles. The van der Waals surface area contributed by atoms with Gasteiger partial charge in [-0.1, -0.05) is 0 Å². The Kier molecular flexibility index (Phi) is 3.76. The van der Waals surface area contributed by atoms with E-state index in [4.69, 9.17) is 0 Å². The van der Waals surface area contributed by atoms with Crippen molar-refractivity contribution in [2.24, 2.45) is 0 Å². The quantitative estimate of drug-likeness (QED) is 0.791. The van der Waals surface area contributed by atoms with E-state index < -0.39 is 0 Å². The lowest BCUT2D eigenvalue weighted by molar-refractivity contribution is 0.467. The first-order chi connectivity index (χ1) is 5.65. The average molecular weight is 387 g/mol. The van der Waals surface area contributed by atoms with Crippen molar-refractivity contribution in [3.63, 3.8) is 0 Å². The minimum atomic E-state index is 0.283. The summed E-state index contributed by atoms with van der Waals surface area (Å²) in [6.45, 7) is 0. The second-order valence-corrected chi connectivity index (χ2v) is 4.55. The van der Waals surface area contributed by atoms with E-state index in [2.05, 4.69) is 0 Å². The zero-order chi connectivity index (χ0) is 9.14. The molecular weight excluding hydrogens is 382 g/mol. The van der Waals surface area contributed by atoms with Crippen LogP contribution in [0, 0.1) is 7.14 Å². The number of rotatable bonds is 2. The Morgan fingerprint density at radius 1 is 1.33 bits per heavy atom. The van der Waals surface area contributed by atoms with Crippen LogP contribution in [0.5, 0.6) is 5.75 Å². The van der Waals surface area contributed by atoms with E-state index in [9.17, 15) is 9.90 Å². The zero-order valence-electron chi connectivity index (χ0n) is 5.97. The van der Waals surface area contributed by atoms with Crippen LogP contribution in [0.3, 0.4) is 0 Å². The van der Waals surface area contributed by atoms with Crippen LogP contribution in [0.2, 0.25) is 0 Å². The molecule has 1 aromatic carbocycles. The Hall–Kier alpha value is 0.150. The van der Waals surface area contributed by atoms with Crippen molar-refractivity contribution in [1.29, 1.82) is 0 Å². The highest BCUT2D eigenvalue weighted by Gasteiger charge is 2.04. The summed E-state index contributed by atoms with van der Waals surface area (Å²) in [6.07, 6.45) is 2.10. The fourth-order valence-electron chi connectivity index (χ4n) is 0.803. The molecule has 1 N–H and O–H groups in total. The number of phenolic OH excluding ortho intramolecular Hbond substituents is 1. The molecule has 0 saturated heterocycles. The maximum Gasteiger partial charge on any atom is 0.203 e. The average Bonchev–Trinajstić information content (AvgIpc) is 2.01. The number of carbonyl (C=O) groups excluding carboxylic acids is 1. The lowest BCUT2D eigenvalue weighted by atomic mass is 10.2. The number of hydrogen-bond donors (Lipinski definition) is 1. The molecule has 0 fully saturated rings. The van der Waals surface area contributed by atoms with Gasteiger partial charge >= 0.3 is 0 Å². The van der Waals surface area contributed by atoms with Crippen LogP contribution in [0.1, 0.15) is 5.56 Å². The first-order valence-corrected chi connectivity index (χ1v) is 5.33. The van der Waals surface area contributed by atoms with E-state index in [1.807, 2.05) is 51.5 Å². The minimum absolute atomic E-state index is 0.283. The van der Waals surface area contributed by atoms with Gasteiger partial charge in [-0.15, -0.1) is 0 Å². The van der Waals surface area contributed by atoms with Crippen molar-refractivity contribution in [3.8, 4) is 5.75 Å². The van der Waals surface area contributed by atoms with Gasteiger partial charge in [0.1, 0.15) is 5.75 Å². The summed E-state index contributed by atoms with van der Waals surface area (Å²) < 4.78 is 1.54. The molecule has 2 nitrogen and oxygen atoms in total. The van der Waals surface area contributed by atoms with E-state index in [0.717, 1.165) is 12.7 Å². The molecule has 0 atom stereocenters. The van der Waals surface area contributed by atoms with E-state index in [1.165, 1.54) is 0 Å². The van der Waals surface area contributed by atoms with Crippen LogP contribution in [-0.4, -0.2) is 11.4 Å². The Bertz CT molecular complexity index is 287. The third-order valence-electron chi connectivity index (χ3n) is 1.35. The molecule has 0 unspecified atom stereocenters. The topological polar surface area (TPSA) is 37.3 Å². The summed E-state index contributed by atoms with van der Waals surface area (Å²) in [7, 11) is 0. The van der Waals surface area contributed by atoms with Crippen LogP contribution >= 0.6 is 45.2 Å². The Morgan fingerprint density at radius 3 is 2.25 bits per heavy atom. The number of halogens is 2. The molecule has 12 heavy (non-hydrogen) atoms. The minimum Gasteiger partial charge on any atom is -0.506 e. The molecule has 0 bridgehead atoms. The Morgan fingerprint density at radius 2 is 1.83 bits per heavy atom. The van der Waals surface area contributed by atoms with E-state index >= 15 is 0 Å². The first kappa shape index (κ1) is 10.2. The molecule has 63 valence electrons. The third kappa shape index (κ3) is 2.32. The molecule has 0 saturated carbocycles. The van der Waals surface area contributed by atoms with Crippen molar-refractivity contribution < 1.29 is 9.90 Å². The lowest BCUT2D eigenvalue weighted by Gasteiger charge is -2.02. The molecule has 4 heteroatoms. The summed E-state index contributed by atoms with van der Waals surface area (Å²) in [6, 6.07) is 3.56. The molecule has 1 rings (SSSR count). The van der Waals surface area contributed by atoms with Crippen LogP contribution in [-0.2, 0) is 11.2 Å². The van der Waals surface area contributed by atoms with Crippen molar-refractivity contribution in [1.82, 2.24) is 0 Å². The molecule has 0 aliphatic rings. The van der Waals surface area contributed by atoms with E-state index in [-0.39, 0.29) is 12.2 Å². The van der Waals surface area contributed by atoms with Gasteiger partial charge in [-0.3, -0.25) is 4.79 Å². The molecule has 0 heterocycles. The van der Waals surface area contributed by atoms with Gasteiger partial charge in [-0.05, 0) is 62.9 Å². The highest BCUT2D eigenvalue weighted by molar-refractivity contribution is 14.1. The Labute approximate surface area is 97.6 Å². The van der Waals surface area contributed by atoms with Gasteiger partial charge in [0.05, 0.1) is 7.14 Å². The second kappa shape index (κ2) is 4.40. The maximum absolute atomic E-state index is 10.1. The number of benzene rings is 1. The highest BCUT2D eigenvalue weighted by Crippen LogP contribution is 2.27. The van der Waals surface area contributed by atoms with Gasteiger partial charge < -0.3 is 5.11 Å². The van der Waals surface area contributed by atoms with Gasteiger partial charge in [-0.2, -0.15) is 0 Å². The summed E-state index contributed by atoms with van der Waals surface area (Å²) in [4.78, 5) is 10.1. The number of phenols is 1. The summed E-state index contributed by atoms with van der Waals surface area (Å²) in [5.41, 5.74) is 0.886. The predicted molar refractivity (Wildman–Crippen MR) is 62.9 cm³/mol. The third-order valence-corrected chi connectivity index (χ3v) is 3.00. The van der Waals surface area contributed by atoms with Gasteiger partial charge in [-0.25, -0.2) is 0 Å². The summed E-state index contributed by atoms with van der Waals surface area (Å²) in [5.74, 6) is 0.283. The normalized spacial score (nSPS) is 9.83. The van der Waals surface area contributed by atoms with Crippen LogP contribution in [0.4, 0.5) is 0 Å². The zero-order valence-corrected chi connectivity index (χ0v) is 10.3. The van der Waals surface area contributed by atoms with E-state index in [0.29, 0.717) is 0 Å². The van der Waals surface area contributed by atoms with Gasteiger partial charge in [0.2, 0.25) is 6.29 Å². The lowest BCUT2D eigenvalue weighted by Crippen LogP contribution is -1.89. The van der Waals surface area contributed by atoms with Crippen LogP contribution in [0.15, 0.2) is 12.1 Å². The van der Waals surface area contributed by atoms with Crippen LogP contribution in [0.25, 0.3) is 0 Å². The number of hydrogen-bond acceptors (Lipinski definition) is 2. The molecule has 1 aromatic rings. The van der Waals surface area contributed by atoms with Crippen molar-refractivity contribution in [2.75, 3.05) is 0 Å². The van der Waals surface area contributed by atoms with Crippen molar-refractivity contribution in [2.45, 2.75) is 6.42 Å². The smallest absolute Gasteiger partial charge is 0.203 e. The number of aromatic hydroxyl groups is 1. The molecule has 0 aliphatic carbocycles. The fraction of sp³-hybridized carbons (Fsp3) is 0.125. The molecule has 0 aromatic heterocycles. The maximum atomic E-state index is 10.1. The van der Waals surface area contributed by atoms with Crippen LogP contribution < -0.4 is 0 Å². The first-order valence-electron chi connectivity index (χ1n) is 3.17. The SMILES string of the molecule is O=[C]Cc1cc(I)c(O)c(I)c1. The predicted octanol–water partition coefficient (Wildman–Crippen LogP) is 2.25. The molecular formula is C8H5I2O2. The fourth-order valence-corrected chi connectivity index (χ4v) is 2.70. The highest BCUT2D eigenvalue weighted by atomic mass is 127. The van der Waals surface area contributed by atoms with Gasteiger partial charge in [0.15, 0.2) is 0 Å². The summed E-state index contributed by atoms with van der Waals surface area (Å²) in [5, 5.41) is 9.39. The van der Waals surface area contributed by atoms with Gasteiger partial charge in [0, 0.05) is 6.42 Å². The summed E-state index contributed by atoms with van der Waals surface area (Å²) >= 11 is 4.06. The second-order valence-electron chi connectivity index (χ2n) is 2.23. The molecule has 1 radical (unpaired) electrons. The molecule has 0 spiro atoms. The Balaban J connectivity index is 3.11. The standard InChI is InChI=1S/C8H5I2O2/c9-6-3-5(1-2-11)4-7(10)8(6)12/h3-4,12H,1H2. The monoisotopic (exact) mass is 387 g/mol. The van der Waals surface area contributed by atoms with Gasteiger partial charge in [0.25, 0.3) is 0 Å². The van der Waals surface area contributed by atoms with Crippen molar-refractivity contribution in [3.05, 3.63) is 24.8 Å². The largest absolute Gasteiger partial charge is 0.506 e. The van der Waals surface area contributed by atoms with Crippen molar-refractivity contribution >= 4 is 51.5 Å². The molecule has 0 amide bonds. The van der Waals surface area contributed by atoms with E-state index in [1.54, 1.807) is 12.1 Å².